The second-order valence-electron chi connectivity index (χ2n) is 16.1. The number of nitrogens with zero attached hydrogens (tertiary/aromatic N) is 6. The van der Waals surface area contributed by atoms with Crippen molar-refractivity contribution < 1.29 is 60.0 Å². The number of aliphatic hydroxyl groups is 1. The smallest absolute Gasteiger partial charge is 0.440 e. The van der Waals surface area contributed by atoms with E-state index in [1.807, 2.05) is 47.9 Å². The van der Waals surface area contributed by atoms with Gasteiger partial charge in [0.2, 0.25) is 0 Å². The number of aryl methyl sites for hydroxylation is 4. The van der Waals surface area contributed by atoms with Crippen molar-refractivity contribution in [2.45, 2.75) is 66.2 Å². The number of aldehydes is 1. The van der Waals surface area contributed by atoms with Crippen LogP contribution in [0.2, 0.25) is 0 Å². The van der Waals surface area contributed by atoms with Crippen LogP contribution in [0, 0.1) is 27.7 Å². The van der Waals surface area contributed by atoms with Crippen molar-refractivity contribution in [3.05, 3.63) is 129 Å². The molecule has 21 heteroatoms. The Morgan fingerprint density at radius 3 is 1.50 bits per heavy atom. The lowest BCUT2D eigenvalue weighted by Crippen LogP contribution is -2.25. The molecule has 0 spiro atoms. The monoisotopic (exact) mass is 1090 g/mol. The van der Waals surface area contributed by atoms with Crippen LogP contribution in [0.1, 0.15) is 65.5 Å². The third-order valence-corrected chi connectivity index (χ3v) is 11.9. The summed E-state index contributed by atoms with van der Waals surface area (Å²) in [7, 11) is 0. The molecule has 362 valence electrons. The molecule has 7 heterocycles. The van der Waals surface area contributed by atoms with Crippen molar-refractivity contribution in [3.63, 3.8) is 0 Å². The number of benzene rings is 4. The predicted molar refractivity (Wildman–Crippen MR) is 252 cm³/mol. The van der Waals surface area contributed by atoms with Crippen molar-refractivity contribution in [3.8, 4) is 79.5 Å². The number of rotatable bonds is 8. The summed E-state index contributed by atoms with van der Waals surface area (Å²) in [5, 5.41) is 9.96. The predicted octanol–water partition coefficient (Wildman–Crippen LogP) is 12.5. The van der Waals surface area contributed by atoms with Crippen LogP contribution in [0.5, 0.6) is 23.0 Å². The summed E-state index contributed by atoms with van der Waals surface area (Å²) in [5.41, 5.74) is 5.71. The average Bonchev–Trinajstić information content (AvgIpc) is 4.18. The zero-order valence-corrected chi connectivity index (χ0v) is 40.9. The van der Waals surface area contributed by atoms with E-state index in [4.69, 9.17) is 13.6 Å². The number of fused-ring (bicyclic) bond motifs is 2. The van der Waals surface area contributed by atoms with Crippen molar-refractivity contribution in [2.75, 3.05) is 13.2 Å². The second-order valence-corrected chi connectivity index (χ2v) is 17.9. The van der Waals surface area contributed by atoms with Gasteiger partial charge in [-0.05, 0) is 106 Å². The molecule has 4 aromatic heterocycles. The van der Waals surface area contributed by atoms with Crippen LogP contribution in [-0.2, 0) is 4.74 Å². The van der Waals surface area contributed by atoms with E-state index in [-0.39, 0.29) is 23.0 Å². The van der Waals surface area contributed by atoms with Gasteiger partial charge in [0.25, 0.3) is 0 Å². The number of carbonyl (C=O) groups is 1. The largest absolute Gasteiger partial charge is 0.586 e. The minimum absolute atomic E-state index is 0.0515. The van der Waals surface area contributed by atoms with Crippen LogP contribution in [-0.4, -0.2) is 66.3 Å². The number of aromatic nitrogens is 6. The van der Waals surface area contributed by atoms with Crippen molar-refractivity contribution in [1.82, 2.24) is 29.1 Å². The van der Waals surface area contributed by atoms with Gasteiger partial charge in [0.05, 0.1) is 23.2 Å². The molecule has 0 radical (unpaired) electrons. The van der Waals surface area contributed by atoms with E-state index in [0.717, 1.165) is 33.4 Å². The SMILES string of the molecule is C1CCOC1.Cc1nc(-c2cc(Br)ccc2-n2cc(C(C)O)nc2C)c(-c2ccc3c(c2)OC(F)(F)O3)o1.Cc1nc(-c2cc(Br)ccc2-n2cc(C=O)nc2C)c(-c2ccc3c(c2)OC(F)(F)O3)o1. The number of alkyl halides is 4. The van der Waals surface area contributed by atoms with Gasteiger partial charge in [-0.25, -0.2) is 19.9 Å². The van der Waals surface area contributed by atoms with E-state index in [9.17, 15) is 27.5 Å². The Labute approximate surface area is 413 Å². The van der Waals surface area contributed by atoms with E-state index in [0.29, 0.717) is 86.4 Å². The highest BCUT2D eigenvalue weighted by molar-refractivity contribution is 9.10. The molecule has 3 aliphatic heterocycles. The number of halogens is 6. The Morgan fingerprint density at radius 2 is 1.09 bits per heavy atom. The van der Waals surface area contributed by atoms with Crippen LogP contribution in [0.4, 0.5) is 17.6 Å². The molecule has 0 saturated carbocycles. The Hall–Kier alpha value is -6.81. The third kappa shape index (κ3) is 10.1. The number of hydrogen-bond acceptors (Lipinski definition) is 13. The molecule has 11 rings (SSSR count). The Bertz CT molecular complexity index is 3260. The standard InChI is InChI=1S/C23H18BrF2N3O4.C22H14BrF2N3O4.C4H8O/c1-11(30)17-10-29(12(2)27-17)18-6-5-15(24)9-16(18)21-22(31-13(3)28-21)14-4-7-19-20(8-14)33-23(25,26)32-19;1-11-26-15(10-29)9-28(11)17-5-4-14(23)8-16(17)20-21(30-12(2)27-20)13-3-6-18-19(7-13)32-22(24,25)31-18;1-2-4-5-3-1/h4-11,30H,1-3H3;3-10H,1-2H3;1-4H2. The molecular weight excluding hydrogens is 1050 g/mol. The van der Waals surface area contributed by atoms with Gasteiger partial charge in [-0.1, -0.05) is 31.9 Å². The summed E-state index contributed by atoms with van der Waals surface area (Å²) in [6, 6.07) is 20.1. The first kappa shape index (κ1) is 48.2. The average molecular weight is 1090 g/mol. The van der Waals surface area contributed by atoms with Gasteiger partial charge in [-0.2, -0.15) is 0 Å². The van der Waals surface area contributed by atoms with Crippen LogP contribution in [0.15, 0.2) is 103 Å². The Balaban J connectivity index is 0.000000158. The number of carbonyl (C=O) groups excluding carboxylic acids is 1. The normalized spacial score (nSPS) is 15.3. The number of hydrogen-bond donors (Lipinski definition) is 1. The van der Waals surface area contributed by atoms with Crippen molar-refractivity contribution >= 4 is 38.1 Å². The summed E-state index contributed by atoms with van der Waals surface area (Å²) in [6.45, 7) is 10.7. The molecule has 0 amide bonds. The quantitative estimate of drug-likeness (QED) is 0.113. The third-order valence-electron chi connectivity index (χ3n) is 10.9. The Kier molecular flexibility index (Phi) is 13.2. The molecule has 4 aromatic carbocycles. The van der Waals surface area contributed by atoms with E-state index in [2.05, 4.69) is 70.7 Å². The van der Waals surface area contributed by atoms with Gasteiger partial charge in [-0.3, -0.25) is 4.79 Å². The fourth-order valence-corrected chi connectivity index (χ4v) is 8.58. The molecule has 15 nitrogen and oxygen atoms in total. The van der Waals surface area contributed by atoms with Crippen LogP contribution in [0.3, 0.4) is 0 Å². The zero-order chi connectivity index (χ0) is 49.6. The maximum Gasteiger partial charge on any atom is 0.586 e. The summed E-state index contributed by atoms with van der Waals surface area (Å²) in [5.74, 6) is 2.56. The molecule has 1 N–H and O–H groups in total. The maximum atomic E-state index is 13.5. The molecule has 3 aliphatic rings. The molecule has 1 saturated heterocycles. The van der Waals surface area contributed by atoms with Crippen molar-refractivity contribution in [2.24, 2.45) is 0 Å². The molecule has 70 heavy (non-hydrogen) atoms. The summed E-state index contributed by atoms with van der Waals surface area (Å²) >= 11 is 7.00. The first-order valence-corrected chi connectivity index (χ1v) is 23.1. The minimum Gasteiger partial charge on any atom is -0.440 e. The van der Waals surface area contributed by atoms with Gasteiger partial charge < -0.3 is 46.8 Å². The van der Waals surface area contributed by atoms with Gasteiger partial charge in [0, 0.05) is 70.7 Å². The van der Waals surface area contributed by atoms with E-state index < -0.39 is 18.7 Å². The second kappa shape index (κ2) is 19.2. The van der Waals surface area contributed by atoms with Gasteiger partial charge in [0.15, 0.2) is 52.6 Å². The molecule has 1 atom stereocenters. The van der Waals surface area contributed by atoms with Gasteiger partial charge in [-0.15, -0.1) is 17.6 Å². The zero-order valence-electron chi connectivity index (χ0n) is 37.7. The van der Waals surface area contributed by atoms with E-state index in [1.165, 1.54) is 37.1 Å². The molecule has 0 aliphatic carbocycles. The van der Waals surface area contributed by atoms with Crippen LogP contribution >= 0.6 is 31.9 Å². The van der Waals surface area contributed by atoms with Gasteiger partial charge >= 0.3 is 12.6 Å². The summed E-state index contributed by atoms with van der Waals surface area (Å²) in [6.07, 6.45) is -1.52. The van der Waals surface area contributed by atoms with E-state index in [1.54, 1.807) is 56.8 Å². The lowest BCUT2D eigenvalue weighted by Gasteiger charge is -2.12. The highest BCUT2D eigenvalue weighted by Crippen LogP contribution is 2.47. The van der Waals surface area contributed by atoms with E-state index >= 15 is 0 Å². The summed E-state index contributed by atoms with van der Waals surface area (Å²) in [4.78, 5) is 29.0. The molecule has 1 fully saturated rings. The first-order valence-electron chi connectivity index (χ1n) is 21.5. The molecular formula is C49H40Br2F4N6O9. The molecule has 8 aromatic rings. The first-order chi connectivity index (χ1) is 33.3. The maximum absolute atomic E-state index is 13.5. The van der Waals surface area contributed by atoms with Crippen LogP contribution in [0.25, 0.3) is 56.5 Å². The minimum atomic E-state index is -3.71. The topological polar surface area (TPSA) is 171 Å². The Morgan fingerprint density at radius 1 is 0.629 bits per heavy atom. The van der Waals surface area contributed by atoms with Crippen molar-refractivity contribution in [1.29, 1.82) is 0 Å². The van der Waals surface area contributed by atoms with Crippen LogP contribution < -0.4 is 18.9 Å². The molecule has 0 bridgehead atoms. The lowest BCUT2D eigenvalue weighted by atomic mass is 10.0. The highest BCUT2D eigenvalue weighted by Gasteiger charge is 2.44. The number of aliphatic hydroxyl groups excluding tert-OH is 1. The fraction of sp³-hybridized carbons (Fsp3) is 0.245. The highest BCUT2D eigenvalue weighted by atomic mass is 79.9. The number of imidazole rings is 2. The number of oxazole rings is 2. The number of ether oxygens (including phenoxy) is 5. The lowest BCUT2D eigenvalue weighted by molar-refractivity contribution is -0.287. The molecule has 1 unspecified atom stereocenters. The van der Waals surface area contributed by atoms with Gasteiger partial charge in [0.1, 0.15) is 28.7 Å². The summed E-state index contributed by atoms with van der Waals surface area (Å²) < 4.78 is 94.0. The fourth-order valence-electron chi connectivity index (χ4n) is 7.85.